The Hall–Kier alpha value is -5.31. The van der Waals surface area contributed by atoms with Gasteiger partial charge in [0.25, 0.3) is 5.91 Å². The molecule has 5 aromatic rings. The van der Waals surface area contributed by atoms with E-state index in [1.54, 1.807) is 32.4 Å². The summed E-state index contributed by atoms with van der Waals surface area (Å²) in [6.45, 7) is 3.71. The molecule has 0 bridgehead atoms. The van der Waals surface area contributed by atoms with Crippen LogP contribution in [-0.4, -0.2) is 82.3 Å². The Kier molecular flexibility index (Phi) is 8.89. The highest BCUT2D eigenvalue weighted by atomic mass is 19.1. The van der Waals surface area contributed by atoms with Crippen molar-refractivity contribution in [3.05, 3.63) is 76.5 Å². The van der Waals surface area contributed by atoms with Gasteiger partial charge in [-0.1, -0.05) is 12.1 Å². The fourth-order valence-electron chi connectivity index (χ4n) is 8.39. The molecule has 1 unspecified atom stereocenters. The molecule has 8 rings (SSSR count). The van der Waals surface area contributed by atoms with Crippen molar-refractivity contribution in [2.24, 2.45) is 13.0 Å². The van der Waals surface area contributed by atoms with Gasteiger partial charge in [-0.2, -0.15) is 5.10 Å². The largest absolute Gasteiger partial charge is 0.329 e. The summed E-state index contributed by atoms with van der Waals surface area (Å²) in [4.78, 5) is 65.3. The number of nitrogens with zero attached hydrogens (tertiary/aromatic N) is 8. The highest BCUT2D eigenvalue weighted by Gasteiger charge is 2.36. The fraction of sp³-hybridized carbons (Fsp3) is 0.459. The highest BCUT2D eigenvalue weighted by Crippen LogP contribution is 2.38. The summed E-state index contributed by atoms with van der Waals surface area (Å²) in [6, 6.07) is 6.82. The summed E-state index contributed by atoms with van der Waals surface area (Å²) in [6.07, 6.45) is 10.6. The second-order valence-corrected chi connectivity index (χ2v) is 14.5. The number of rotatable bonds is 7. The third-order valence-electron chi connectivity index (χ3n) is 11.0. The van der Waals surface area contributed by atoms with E-state index in [9.17, 15) is 19.2 Å². The van der Waals surface area contributed by atoms with Crippen LogP contribution in [-0.2, 0) is 16.6 Å². The number of imidazole rings is 1. The van der Waals surface area contributed by atoms with Gasteiger partial charge < -0.3 is 10.2 Å². The number of hydrogen-bond donors (Lipinski definition) is 2. The van der Waals surface area contributed by atoms with Crippen LogP contribution in [0.4, 0.5) is 10.2 Å². The number of carbonyl (C=O) groups is 3. The number of likely N-dealkylation sites (tertiary alicyclic amines) is 1. The number of imide groups is 1. The number of nitrogens with one attached hydrogen (secondary N) is 2. The Labute approximate surface area is 298 Å². The number of alkyl halides is 1. The first-order chi connectivity index (χ1) is 25.1. The van der Waals surface area contributed by atoms with Gasteiger partial charge in [0.05, 0.1) is 35.2 Å². The molecule has 3 amide bonds. The Morgan fingerprint density at radius 1 is 1.06 bits per heavy atom. The number of hydrogen-bond acceptors (Lipinski definition) is 9. The second kappa shape index (κ2) is 13.7. The lowest BCUT2D eigenvalue weighted by atomic mass is 9.83. The highest BCUT2D eigenvalue weighted by molar-refractivity contribution is 6.03. The van der Waals surface area contributed by atoms with Crippen LogP contribution in [0.25, 0.3) is 21.9 Å². The van der Waals surface area contributed by atoms with Gasteiger partial charge in [0.1, 0.15) is 29.2 Å². The minimum atomic E-state index is -1.10. The number of anilines is 1. The maximum atomic E-state index is 16.1. The molecule has 2 N–H and O–H groups in total. The number of amides is 3. The molecular formula is C37H41FN10O4. The third kappa shape index (κ3) is 6.37. The summed E-state index contributed by atoms with van der Waals surface area (Å²) in [5, 5.41) is 10.8. The van der Waals surface area contributed by atoms with E-state index >= 15 is 4.39 Å². The molecule has 1 aromatic carbocycles. The quantitative estimate of drug-likeness (QED) is 0.238. The van der Waals surface area contributed by atoms with Gasteiger partial charge in [0.2, 0.25) is 11.8 Å². The molecule has 3 fully saturated rings. The van der Waals surface area contributed by atoms with E-state index in [0.717, 1.165) is 55.2 Å². The normalized spacial score (nSPS) is 24.3. The molecule has 15 heteroatoms. The zero-order chi connectivity index (χ0) is 36.1. The van der Waals surface area contributed by atoms with E-state index < -0.39 is 18.1 Å². The lowest BCUT2D eigenvalue weighted by Gasteiger charge is -2.38. The monoisotopic (exact) mass is 708 g/mol. The average Bonchev–Trinajstić information content (AvgIpc) is 3.66. The molecule has 6 heterocycles. The zero-order valence-electron chi connectivity index (χ0n) is 29.2. The van der Waals surface area contributed by atoms with Gasteiger partial charge >= 0.3 is 5.69 Å². The van der Waals surface area contributed by atoms with Crippen molar-refractivity contribution >= 4 is 45.5 Å². The van der Waals surface area contributed by atoms with Crippen LogP contribution in [0.3, 0.4) is 0 Å². The summed E-state index contributed by atoms with van der Waals surface area (Å²) in [5.74, 6) is -0.677. The minimum absolute atomic E-state index is 0.166. The molecule has 3 atom stereocenters. The predicted octanol–water partition coefficient (Wildman–Crippen LogP) is 3.97. The van der Waals surface area contributed by atoms with E-state index in [1.165, 1.54) is 15.3 Å². The summed E-state index contributed by atoms with van der Waals surface area (Å²) >= 11 is 0. The SMILES string of the molecule is Cc1cncc(C(=O)Nc2cc3cn(C4CCC(CN5CC[C@@H](c6cccc7c6n(C)c(=O)n7C6CCC(=O)NC6=O)[C@H](F)C5)CC4)nc3cn2)n1. The molecule has 4 aromatic heterocycles. The predicted molar refractivity (Wildman–Crippen MR) is 191 cm³/mol. The van der Waals surface area contributed by atoms with Gasteiger partial charge in [0, 0.05) is 50.3 Å². The molecule has 3 aliphatic rings. The zero-order valence-corrected chi connectivity index (χ0v) is 29.2. The maximum Gasteiger partial charge on any atom is 0.329 e. The van der Waals surface area contributed by atoms with Crippen molar-refractivity contribution in [3.8, 4) is 0 Å². The first-order valence-corrected chi connectivity index (χ1v) is 18.0. The minimum Gasteiger partial charge on any atom is -0.305 e. The lowest BCUT2D eigenvalue weighted by Crippen LogP contribution is -2.44. The van der Waals surface area contributed by atoms with Crippen LogP contribution in [0, 0.1) is 12.8 Å². The van der Waals surface area contributed by atoms with Crippen LogP contribution in [0.15, 0.2) is 53.8 Å². The van der Waals surface area contributed by atoms with Crippen molar-refractivity contribution in [2.45, 2.75) is 76.0 Å². The van der Waals surface area contributed by atoms with Crippen molar-refractivity contribution in [2.75, 3.05) is 25.0 Å². The second-order valence-electron chi connectivity index (χ2n) is 14.5. The van der Waals surface area contributed by atoms with Crippen molar-refractivity contribution < 1.29 is 18.8 Å². The van der Waals surface area contributed by atoms with Crippen LogP contribution < -0.4 is 16.3 Å². The number of pyridine rings is 1. The Morgan fingerprint density at radius 2 is 1.88 bits per heavy atom. The van der Waals surface area contributed by atoms with Crippen LogP contribution >= 0.6 is 0 Å². The molecule has 2 aliphatic heterocycles. The molecular weight excluding hydrogens is 667 g/mol. The molecule has 1 saturated carbocycles. The fourth-order valence-corrected chi connectivity index (χ4v) is 8.39. The number of piperidine rings is 2. The van der Waals surface area contributed by atoms with E-state index in [1.807, 2.05) is 29.1 Å². The van der Waals surface area contributed by atoms with E-state index in [4.69, 9.17) is 5.10 Å². The van der Waals surface area contributed by atoms with Gasteiger partial charge in [-0.15, -0.1) is 0 Å². The van der Waals surface area contributed by atoms with E-state index in [-0.39, 0.29) is 48.0 Å². The van der Waals surface area contributed by atoms with Crippen molar-refractivity contribution in [3.63, 3.8) is 0 Å². The third-order valence-corrected chi connectivity index (χ3v) is 11.0. The number of halogens is 1. The molecule has 0 radical (unpaired) electrons. The molecule has 52 heavy (non-hydrogen) atoms. The topological polar surface area (TPSA) is 162 Å². The summed E-state index contributed by atoms with van der Waals surface area (Å²) < 4.78 is 21.1. The van der Waals surface area contributed by atoms with Crippen molar-refractivity contribution in [1.29, 1.82) is 0 Å². The van der Waals surface area contributed by atoms with Crippen LogP contribution in [0.1, 0.15) is 84.7 Å². The average molecular weight is 709 g/mol. The van der Waals surface area contributed by atoms with E-state index in [2.05, 4.69) is 30.5 Å². The first kappa shape index (κ1) is 33.8. The van der Waals surface area contributed by atoms with Gasteiger partial charge in [0.15, 0.2) is 0 Å². The smallest absolute Gasteiger partial charge is 0.305 e. The Balaban J connectivity index is 0.880. The Bertz CT molecular complexity index is 2250. The summed E-state index contributed by atoms with van der Waals surface area (Å²) in [5.41, 5.74) is 3.33. The summed E-state index contributed by atoms with van der Waals surface area (Å²) in [7, 11) is 1.67. The van der Waals surface area contributed by atoms with Gasteiger partial charge in [-0.3, -0.25) is 38.5 Å². The number of para-hydroxylation sites is 1. The number of fused-ring (bicyclic) bond motifs is 2. The molecule has 2 saturated heterocycles. The van der Waals surface area contributed by atoms with Gasteiger partial charge in [-0.05, 0) is 75.6 Å². The van der Waals surface area contributed by atoms with Crippen LogP contribution in [0.2, 0.25) is 0 Å². The molecule has 1 aliphatic carbocycles. The van der Waals surface area contributed by atoms with Crippen molar-refractivity contribution in [1.82, 2.24) is 44.1 Å². The first-order valence-electron chi connectivity index (χ1n) is 18.0. The van der Waals surface area contributed by atoms with Crippen LogP contribution in [0.5, 0.6) is 0 Å². The Morgan fingerprint density at radius 3 is 2.65 bits per heavy atom. The van der Waals surface area contributed by atoms with E-state index in [0.29, 0.717) is 41.4 Å². The number of aryl methyl sites for hydroxylation is 2. The molecule has 14 nitrogen and oxygen atoms in total. The number of aromatic nitrogens is 7. The number of benzene rings is 1. The lowest BCUT2D eigenvalue weighted by molar-refractivity contribution is -0.135. The molecule has 270 valence electrons. The standard InChI is InChI=1S/C37H41FN10O4/c1-21-15-39-16-29(41-21)35(50)42-32-14-23-19-47(44-28(23)17-40-32)24-8-6-22(7-9-24)18-46-13-12-25(27(38)20-46)26-4-3-5-30-34(26)45(2)37(52)48(30)31-10-11-33(49)43-36(31)51/h3-5,14-17,19,22,24-25,27,31H,6-13,18,20H2,1-2H3,(H,42,50)(H,43,49,51)/t22?,24?,25-,27+,31?/m0/s1. The molecule has 0 spiro atoms. The van der Waals surface area contributed by atoms with Gasteiger partial charge in [-0.25, -0.2) is 19.2 Å². The maximum absolute atomic E-state index is 16.1. The number of carbonyl (C=O) groups excluding carboxylic acids is 3.